The zero-order valence-electron chi connectivity index (χ0n) is 8.17. The van der Waals surface area contributed by atoms with Gasteiger partial charge in [-0.2, -0.15) is 0 Å². The third-order valence-corrected chi connectivity index (χ3v) is 1.81. The van der Waals surface area contributed by atoms with Gasteiger partial charge in [0.2, 0.25) is 12.1 Å². The fraction of sp³-hybridized carbons (Fsp3) is 0.429. The number of hydrogen-bond donors (Lipinski definition) is 2. The Balaban J connectivity index is 2.97. The van der Waals surface area contributed by atoms with Crippen molar-refractivity contribution in [3.63, 3.8) is 0 Å². The Labute approximate surface area is 84.7 Å². The first-order valence-corrected chi connectivity index (χ1v) is 4.08. The molecule has 0 spiro atoms. The van der Waals surface area contributed by atoms with Crippen molar-refractivity contribution in [1.82, 2.24) is 9.55 Å². The number of aliphatic carboxylic acids is 1. The number of nitrogens with zero attached hydrogens (tertiary/aromatic N) is 3. The Morgan fingerprint density at radius 2 is 2.40 bits per heavy atom. The van der Waals surface area contributed by atoms with Gasteiger partial charge in [0, 0.05) is 7.05 Å². The molecule has 1 atom stereocenters. The van der Waals surface area contributed by atoms with Crippen LogP contribution in [-0.4, -0.2) is 31.6 Å². The molecule has 0 saturated carbocycles. The van der Waals surface area contributed by atoms with Crippen LogP contribution < -0.4 is 5.32 Å². The van der Waals surface area contributed by atoms with Gasteiger partial charge in [-0.15, -0.1) is 0 Å². The lowest BCUT2D eigenvalue weighted by Crippen LogP contribution is -2.26. The molecule has 8 heteroatoms. The summed E-state index contributed by atoms with van der Waals surface area (Å²) in [5, 5.41) is 21.7. The van der Waals surface area contributed by atoms with E-state index in [9.17, 15) is 14.9 Å². The molecule has 0 bridgehead atoms. The molecule has 82 valence electrons. The van der Waals surface area contributed by atoms with E-state index in [0.717, 1.165) is 0 Å². The van der Waals surface area contributed by atoms with Crippen LogP contribution in [0.15, 0.2) is 6.33 Å². The van der Waals surface area contributed by atoms with E-state index in [-0.39, 0.29) is 11.6 Å². The van der Waals surface area contributed by atoms with Crippen LogP contribution in [0.25, 0.3) is 0 Å². The average molecular weight is 214 g/mol. The van der Waals surface area contributed by atoms with Crippen LogP contribution in [0.4, 0.5) is 11.6 Å². The molecule has 1 heterocycles. The fourth-order valence-corrected chi connectivity index (χ4v) is 0.985. The first-order valence-electron chi connectivity index (χ1n) is 4.08. The summed E-state index contributed by atoms with van der Waals surface area (Å²) in [7, 11) is 1.54. The summed E-state index contributed by atoms with van der Waals surface area (Å²) < 4.78 is 1.36. The second kappa shape index (κ2) is 3.95. The average Bonchev–Trinajstić information content (AvgIpc) is 2.48. The molecular weight excluding hydrogens is 204 g/mol. The maximum atomic E-state index is 10.6. The van der Waals surface area contributed by atoms with Gasteiger partial charge in [0.1, 0.15) is 6.04 Å². The second-order valence-electron chi connectivity index (χ2n) is 2.99. The summed E-state index contributed by atoms with van der Waals surface area (Å²) in [6.07, 6.45) is 1.25. The van der Waals surface area contributed by atoms with Gasteiger partial charge in [-0.1, -0.05) is 0 Å². The van der Waals surface area contributed by atoms with Crippen LogP contribution >= 0.6 is 0 Å². The summed E-state index contributed by atoms with van der Waals surface area (Å²) >= 11 is 0. The SMILES string of the molecule is CC(Nc1c([N+](=O)[O-])ncn1C)C(=O)O. The van der Waals surface area contributed by atoms with Crippen LogP contribution in [0.1, 0.15) is 6.92 Å². The first-order chi connectivity index (χ1) is 6.93. The molecule has 2 N–H and O–H groups in total. The normalized spacial score (nSPS) is 12.1. The van der Waals surface area contributed by atoms with Crippen molar-refractivity contribution in [3.05, 3.63) is 16.4 Å². The Hall–Kier alpha value is -2.12. The van der Waals surface area contributed by atoms with Gasteiger partial charge in [-0.05, 0) is 16.8 Å². The summed E-state index contributed by atoms with van der Waals surface area (Å²) in [6, 6.07) is -0.918. The monoisotopic (exact) mass is 214 g/mol. The van der Waals surface area contributed by atoms with Gasteiger partial charge in [-0.3, -0.25) is 9.36 Å². The summed E-state index contributed by atoms with van der Waals surface area (Å²) in [5.41, 5.74) is 0. The maximum Gasteiger partial charge on any atom is 0.406 e. The maximum absolute atomic E-state index is 10.6. The van der Waals surface area contributed by atoms with Crippen molar-refractivity contribution >= 4 is 17.6 Å². The molecule has 0 aromatic carbocycles. The summed E-state index contributed by atoms with van der Waals surface area (Å²) in [4.78, 5) is 24.0. The van der Waals surface area contributed by atoms with E-state index in [2.05, 4.69) is 10.3 Å². The number of hydrogen-bond acceptors (Lipinski definition) is 5. The molecule has 1 aromatic rings. The lowest BCUT2D eigenvalue weighted by atomic mass is 10.3. The number of aromatic nitrogens is 2. The van der Waals surface area contributed by atoms with E-state index in [0.29, 0.717) is 0 Å². The Morgan fingerprint density at radius 3 is 2.87 bits per heavy atom. The molecule has 1 unspecified atom stereocenters. The molecule has 0 aliphatic rings. The van der Waals surface area contributed by atoms with Crippen molar-refractivity contribution in [1.29, 1.82) is 0 Å². The van der Waals surface area contributed by atoms with Gasteiger partial charge in [0.05, 0.1) is 0 Å². The van der Waals surface area contributed by atoms with Crippen molar-refractivity contribution in [2.45, 2.75) is 13.0 Å². The van der Waals surface area contributed by atoms with Gasteiger partial charge >= 0.3 is 11.8 Å². The summed E-state index contributed by atoms with van der Waals surface area (Å²) in [5.74, 6) is -1.40. The lowest BCUT2D eigenvalue weighted by molar-refractivity contribution is -0.388. The Morgan fingerprint density at radius 1 is 1.80 bits per heavy atom. The number of aryl methyl sites for hydroxylation is 1. The molecular formula is C7H10N4O4. The van der Waals surface area contributed by atoms with E-state index in [4.69, 9.17) is 5.11 Å². The number of anilines is 1. The molecule has 1 rings (SSSR count). The van der Waals surface area contributed by atoms with Crippen LogP contribution in [0, 0.1) is 10.1 Å². The van der Waals surface area contributed by atoms with Crippen LogP contribution in [0.5, 0.6) is 0 Å². The van der Waals surface area contributed by atoms with Crippen molar-refractivity contribution in [2.75, 3.05) is 5.32 Å². The Bertz CT molecular complexity index is 400. The minimum Gasteiger partial charge on any atom is -0.480 e. The number of carbonyl (C=O) groups is 1. The van der Waals surface area contributed by atoms with Crippen molar-refractivity contribution in [2.24, 2.45) is 7.05 Å². The minimum atomic E-state index is -1.09. The van der Waals surface area contributed by atoms with E-state index >= 15 is 0 Å². The molecule has 0 fully saturated rings. The molecule has 0 amide bonds. The molecule has 1 aromatic heterocycles. The fourth-order valence-electron chi connectivity index (χ4n) is 0.985. The van der Waals surface area contributed by atoms with E-state index in [1.165, 1.54) is 24.9 Å². The number of carboxylic acids is 1. The number of carboxylic acid groups (broad SMARTS) is 1. The highest BCUT2D eigenvalue weighted by atomic mass is 16.6. The predicted octanol–water partition coefficient (Wildman–Crippen LogP) is 0.213. The number of rotatable bonds is 4. The lowest BCUT2D eigenvalue weighted by Gasteiger charge is -2.09. The largest absolute Gasteiger partial charge is 0.480 e. The zero-order chi connectivity index (χ0) is 11.6. The number of imidazole rings is 1. The van der Waals surface area contributed by atoms with Crippen molar-refractivity contribution < 1.29 is 14.8 Å². The topological polar surface area (TPSA) is 110 Å². The zero-order valence-corrected chi connectivity index (χ0v) is 8.17. The highest BCUT2D eigenvalue weighted by Gasteiger charge is 2.23. The highest BCUT2D eigenvalue weighted by Crippen LogP contribution is 2.21. The Kier molecular flexibility index (Phi) is 2.88. The highest BCUT2D eigenvalue weighted by molar-refractivity contribution is 5.77. The smallest absolute Gasteiger partial charge is 0.406 e. The van der Waals surface area contributed by atoms with Crippen LogP contribution in [0.2, 0.25) is 0 Å². The molecule has 15 heavy (non-hydrogen) atoms. The second-order valence-corrected chi connectivity index (χ2v) is 2.99. The third-order valence-electron chi connectivity index (χ3n) is 1.81. The molecule has 8 nitrogen and oxygen atoms in total. The van der Waals surface area contributed by atoms with E-state index in [1.54, 1.807) is 0 Å². The summed E-state index contributed by atoms with van der Waals surface area (Å²) in [6.45, 7) is 1.39. The van der Waals surface area contributed by atoms with E-state index in [1.807, 2.05) is 0 Å². The quantitative estimate of drug-likeness (QED) is 0.547. The standard InChI is InChI=1S/C7H10N4O4/c1-4(7(12)13)9-6-5(11(14)15)8-3-10(6)2/h3-4,9H,1-2H3,(H,12,13). The first kappa shape index (κ1) is 11.0. The van der Waals surface area contributed by atoms with Gasteiger partial charge in [0.25, 0.3) is 0 Å². The number of nitrogens with one attached hydrogen (secondary N) is 1. The molecule has 0 aliphatic carbocycles. The number of nitro groups is 1. The van der Waals surface area contributed by atoms with Gasteiger partial charge in [0.15, 0.2) is 0 Å². The molecule has 0 radical (unpaired) electrons. The molecule has 0 aliphatic heterocycles. The third kappa shape index (κ3) is 2.22. The predicted molar refractivity (Wildman–Crippen MR) is 50.6 cm³/mol. The van der Waals surface area contributed by atoms with Crippen LogP contribution in [-0.2, 0) is 11.8 Å². The molecule has 0 saturated heterocycles. The van der Waals surface area contributed by atoms with Crippen LogP contribution in [0.3, 0.4) is 0 Å². The minimum absolute atomic E-state index is 0.0786. The van der Waals surface area contributed by atoms with Crippen molar-refractivity contribution in [3.8, 4) is 0 Å². The van der Waals surface area contributed by atoms with Gasteiger partial charge < -0.3 is 20.5 Å². The van der Waals surface area contributed by atoms with Gasteiger partial charge in [-0.25, -0.2) is 0 Å². The van der Waals surface area contributed by atoms with E-state index < -0.39 is 16.9 Å².